The molecule has 1 aromatic rings. The van der Waals surface area contributed by atoms with E-state index in [1.165, 1.54) is 0 Å². The fraction of sp³-hybridized carbons (Fsp3) is 0.545. The van der Waals surface area contributed by atoms with E-state index in [2.05, 4.69) is 15.9 Å². The van der Waals surface area contributed by atoms with Gasteiger partial charge in [-0.25, -0.2) is 8.42 Å². The van der Waals surface area contributed by atoms with Crippen molar-refractivity contribution in [2.75, 3.05) is 19.7 Å². The van der Waals surface area contributed by atoms with Crippen LogP contribution in [0.4, 0.5) is 0 Å². The lowest BCUT2D eigenvalue weighted by atomic mass is 10.5. The second kappa shape index (κ2) is 7.37. The molecule has 0 unspecified atom stereocenters. The summed E-state index contributed by atoms with van der Waals surface area (Å²) in [5.41, 5.74) is 0. The molecular weight excluding hydrogens is 354 g/mol. The number of thiophene rings is 1. The van der Waals surface area contributed by atoms with E-state index in [4.69, 9.17) is 4.74 Å². The highest BCUT2D eigenvalue weighted by molar-refractivity contribution is 9.10. The Balaban J connectivity index is 2.98. The Morgan fingerprint density at radius 3 is 2.63 bits per heavy atom. The van der Waals surface area contributed by atoms with Crippen LogP contribution in [0.2, 0.25) is 0 Å². The maximum absolute atomic E-state index is 12.4. The molecule has 5 nitrogen and oxygen atoms in total. The Bertz CT molecular complexity index is 527. The van der Waals surface area contributed by atoms with Crippen LogP contribution in [0.1, 0.15) is 20.3 Å². The van der Waals surface area contributed by atoms with E-state index < -0.39 is 16.0 Å². The topological polar surface area (TPSA) is 63.7 Å². The van der Waals surface area contributed by atoms with Crippen LogP contribution < -0.4 is 0 Å². The van der Waals surface area contributed by atoms with Gasteiger partial charge in [-0.2, -0.15) is 4.31 Å². The average molecular weight is 370 g/mol. The van der Waals surface area contributed by atoms with Crippen LogP contribution in [0.3, 0.4) is 0 Å². The lowest BCUT2D eigenvalue weighted by Crippen LogP contribution is -2.36. The van der Waals surface area contributed by atoms with E-state index in [0.717, 1.165) is 15.6 Å². The molecule has 0 aliphatic heterocycles. The summed E-state index contributed by atoms with van der Waals surface area (Å²) < 4.78 is 31.6. The molecular formula is C11H16BrNO4S2. The number of hydrogen-bond acceptors (Lipinski definition) is 5. The number of carbonyl (C=O) groups is 1. The number of halogens is 1. The highest BCUT2D eigenvalue weighted by Crippen LogP contribution is 2.30. The van der Waals surface area contributed by atoms with Crippen LogP contribution in [0, 0.1) is 0 Å². The van der Waals surface area contributed by atoms with Crippen molar-refractivity contribution in [2.45, 2.75) is 24.5 Å². The van der Waals surface area contributed by atoms with Gasteiger partial charge in [0.2, 0.25) is 0 Å². The van der Waals surface area contributed by atoms with Gasteiger partial charge in [-0.3, -0.25) is 4.79 Å². The first-order chi connectivity index (χ1) is 8.93. The van der Waals surface area contributed by atoms with Crippen LogP contribution >= 0.6 is 27.3 Å². The van der Waals surface area contributed by atoms with Crippen molar-refractivity contribution in [1.29, 1.82) is 0 Å². The summed E-state index contributed by atoms with van der Waals surface area (Å²) in [6.07, 6.45) is 0.627. The number of ether oxygens (including phenoxy) is 1. The lowest BCUT2D eigenvalue weighted by Gasteiger charge is -2.19. The van der Waals surface area contributed by atoms with E-state index in [9.17, 15) is 13.2 Å². The molecule has 108 valence electrons. The predicted molar refractivity (Wildman–Crippen MR) is 77.7 cm³/mol. The summed E-state index contributed by atoms with van der Waals surface area (Å²) in [6, 6.07) is 1.67. The molecule has 0 radical (unpaired) electrons. The molecule has 0 aromatic carbocycles. The lowest BCUT2D eigenvalue weighted by molar-refractivity contribution is -0.143. The first-order valence-corrected chi connectivity index (χ1v) is 8.93. The van der Waals surface area contributed by atoms with E-state index in [-0.39, 0.29) is 23.9 Å². The standard InChI is InChI=1S/C11H16BrNO4S2/c1-3-6-13(8-10(14)17-4-2)19(15,16)11-9(12)5-7-18-11/h5,7H,3-4,6,8H2,1-2H3. The molecule has 0 spiro atoms. The molecule has 1 heterocycles. The normalized spacial score (nSPS) is 11.8. The van der Waals surface area contributed by atoms with Gasteiger partial charge in [-0.1, -0.05) is 6.92 Å². The van der Waals surface area contributed by atoms with Crippen molar-refractivity contribution >= 4 is 43.3 Å². The van der Waals surface area contributed by atoms with Crippen LogP contribution in [-0.2, 0) is 19.6 Å². The van der Waals surface area contributed by atoms with Crippen molar-refractivity contribution in [2.24, 2.45) is 0 Å². The van der Waals surface area contributed by atoms with Gasteiger partial charge in [0.15, 0.2) is 0 Å². The number of esters is 1. The van der Waals surface area contributed by atoms with Gasteiger partial charge in [0, 0.05) is 11.0 Å². The van der Waals surface area contributed by atoms with Crippen molar-refractivity contribution < 1.29 is 17.9 Å². The summed E-state index contributed by atoms with van der Waals surface area (Å²) in [5.74, 6) is -0.535. The number of carbonyl (C=O) groups excluding carboxylic acids is 1. The number of nitrogens with zero attached hydrogens (tertiary/aromatic N) is 1. The highest BCUT2D eigenvalue weighted by Gasteiger charge is 2.29. The predicted octanol–water partition coefficient (Wildman–Crippen LogP) is 2.47. The van der Waals surface area contributed by atoms with Crippen LogP contribution in [-0.4, -0.2) is 38.4 Å². The van der Waals surface area contributed by atoms with Crippen LogP contribution in [0.25, 0.3) is 0 Å². The van der Waals surface area contributed by atoms with Gasteiger partial charge in [0.25, 0.3) is 10.0 Å². The first-order valence-electron chi connectivity index (χ1n) is 5.82. The third-order valence-corrected chi connectivity index (χ3v) is 6.73. The van der Waals surface area contributed by atoms with E-state index >= 15 is 0 Å². The molecule has 0 aliphatic carbocycles. The third kappa shape index (κ3) is 4.27. The first kappa shape index (κ1) is 16.6. The van der Waals surface area contributed by atoms with Gasteiger partial charge >= 0.3 is 5.97 Å². The molecule has 0 amide bonds. The summed E-state index contributed by atoms with van der Waals surface area (Å²) in [7, 11) is -3.66. The zero-order chi connectivity index (χ0) is 14.5. The summed E-state index contributed by atoms with van der Waals surface area (Å²) in [6.45, 7) is 3.81. The van der Waals surface area contributed by atoms with Crippen LogP contribution in [0.15, 0.2) is 20.1 Å². The molecule has 8 heteroatoms. The van der Waals surface area contributed by atoms with E-state index in [1.807, 2.05) is 6.92 Å². The summed E-state index contributed by atoms with van der Waals surface area (Å²) in [4.78, 5) is 11.5. The van der Waals surface area contributed by atoms with Gasteiger partial charge in [-0.15, -0.1) is 11.3 Å². The molecule has 0 saturated heterocycles. The Kier molecular flexibility index (Phi) is 6.45. The Morgan fingerprint density at radius 1 is 1.47 bits per heavy atom. The zero-order valence-corrected chi connectivity index (χ0v) is 14.0. The minimum absolute atomic E-state index is 0.213. The molecule has 1 aromatic heterocycles. The maximum Gasteiger partial charge on any atom is 0.321 e. The van der Waals surface area contributed by atoms with Gasteiger partial charge < -0.3 is 4.74 Å². The molecule has 0 fully saturated rings. The molecule has 0 saturated carbocycles. The van der Waals surface area contributed by atoms with Gasteiger partial charge in [0.05, 0.1) is 6.61 Å². The quantitative estimate of drug-likeness (QED) is 0.692. The SMILES string of the molecule is CCCN(CC(=O)OCC)S(=O)(=O)c1sccc1Br. The van der Waals surface area contributed by atoms with Crippen molar-refractivity contribution in [3.63, 3.8) is 0 Å². The molecule has 0 N–H and O–H groups in total. The van der Waals surface area contributed by atoms with E-state index in [0.29, 0.717) is 10.9 Å². The smallest absolute Gasteiger partial charge is 0.321 e. The molecule has 19 heavy (non-hydrogen) atoms. The van der Waals surface area contributed by atoms with Crippen LogP contribution in [0.5, 0.6) is 0 Å². The molecule has 0 bridgehead atoms. The Hall–Kier alpha value is -0.440. The second-order valence-corrected chi connectivity index (χ2v) is 7.60. The monoisotopic (exact) mass is 369 g/mol. The Labute approximate surface area is 125 Å². The fourth-order valence-corrected chi connectivity index (χ4v) is 5.39. The van der Waals surface area contributed by atoms with Crippen molar-refractivity contribution in [3.05, 3.63) is 15.9 Å². The maximum atomic E-state index is 12.4. The molecule has 0 atom stereocenters. The highest BCUT2D eigenvalue weighted by atomic mass is 79.9. The fourth-order valence-electron chi connectivity index (χ4n) is 1.47. The van der Waals surface area contributed by atoms with Crippen molar-refractivity contribution in [1.82, 2.24) is 4.31 Å². The van der Waals surface area contributed by atoms with Gasteiger partial charge in [-0.05, 0) is 40.7 Å². The van der Waals surface area contributed by atoms with Gasteiger partial charge in [0.1, 0.15) is 10.8 Å². The summed E-state index contributed by atoms with van der Waals surface area (Å²) in [5, 5.41) is 1.69. The minimum Gasteiger partial charge on any atom is -0.465 e. The largest absolute Gasteiger partial charge is 0.465 e. The van der Waals surface area contributed by atoms with E-state index in [1.54, 1.807) is 18.4 Å². The van der Waals surface area contributed by atoms with Crippen molar-refractivity contribution in [3.8, 4) is 0 Å². The molecule has 0 aliphatic rings. The average Bonchev–Trinajstić information content (AvgIpc) is 2.76. The third-order valence-electron chi connectivity index (χ3n) is 2.24. The minimum atomic E-state index is -3.66. The Morgan fingerprint density at radius 2 is 2.16 bits per heavy atom. The number of sulfonamides is 1. The number of rotatable bonds is 7. The zero-order valence-electron chi connectivity index (χ0n) is 10.8. The number of hydrogen-bond donors (Lipinski definition) is 0. The molecule has 1 rings (SSSR count). The second-order valence-electron chi connectivity index (χ2n) is 3.70. The summed E-state index contributed by atoms with van der Waals surface area (Å²) >= 11 is 4.33.